The lowest BCUT2D eigenvalue weighted by molar-refractivity contribution is 0.103. The number of fused-ring (bicyclic) bond motifs is 1. The van der Waals surface area contributed by atoms with Crippen LogP contribution in [0.2, 0.25) is 0 Å². The highest BCUT2D eigenvalue weighted by Gasteiger charge is 2.21. The van der Waals surface area contributed by atoms with Gasteiger partial charge in [-0.1, -0.05) is 24.3 Å². The summed E-state index contributed by atoms with van der Waals surface area (Å²) >= 11 is 0. The van der Waals surface area contributed by atoms with E-state index in [0.717, 1.165) is 6.26 Å². The second-order valence-electron chi connectivity index (χ2n) is 6.39. The highest BCUT2D eigenvalue weighted by atomic mass is 32.2. The summed E-state index contributed by atoms with van der Waals surface area (Å²) in [5.41, 5.74) is 1.95. The molecule has 4 aromatic rings. The van der Waals surface area contributed by atoms with Gasteiger partial charge in [-0.15, -0.1) is 0 Å². The highest BCUT2D eigenvalue weighted by Crippen LogP contribution is 2.32. The van der Waals surface area contributed by atoms with Crippen molar-refractivity contribution in [2.24, 2.45) is 0 Å². The summed E-state index contributed by atoms with van der Waals surface area (Å²) in [6.07, 6.45) is 4.20. The first kappa shape index (κ1) is 18.1. The van der Waals surface area contributed by atoms with Gasteiger partial charge in [0.05, 0.1) is 16.0 Å². The Morgan fingerprint density at radius 3 is 2.57 bits per heavy atom. The number of carbonyl (C=O) groups excluding carboxylic acids is 1. The molecule has 0 amide bonds. The number of pyridine rings is 1. The van der Waals surface area contributed by atoms with Gasteiger partial charge in [-0.25, -0.2) is 17.8 Å². The van der Waals surface area contributed by atoms with Crippen LogP contribution < -0.4 is 0 Å². The van der Waals surface area contributed by atoms with Crippen molar-refractivity contribution in [1.82, 2.24) is 9.97 Å². The van der Waals surface area contributed by atoms with Crippen molar-refractivity contribution < 1.29 is 17.6 Å². The molecule has 0 unspecified atom stereocenters. The number of carbonyl (C=O) groups is 1. The molecule has 0 saturated heterocycles. The fraction of sp³-hybridized carbons (Fsp3) is 0.0476. The van der Waals surface area contributed by atoms with Gasteiger partial charge >= 0.3 is 0 Å². The molecular formula is C21H15FN2O3S. The Labute approximate surface area is 160 Å². The lowest BCUT2D eigenvalue weighted by Gasteiger charge is -2.08. The number of nitrogens with zero attached hydrogens (tertiary/aromatic N) is 1. The Hall–Kier alpha value is -3.32. The SMILES string of the molecule is CS(=O)(=O)c1cccc(-c2ccnc3[nH]cc(C(=O)c4ccccc4F)c23)c1. The molecule has 7 heteroatoms. The number of rotatable bonds is 4. The molecule has 0 atom stereocenters. The van der Waals surface area contributed by atoms with E-state index in [1.807, 2.05) is 0 Å². The molecule has 0 fully saturated rings. The van der Waals surface area contributed by atoms with Crippen LogP contribution in [-0.2, 0) is 9.84 Å². The molecule has 0 bridgehead atoms. The Bertz CT molecular complexity index is 1330. The summed E-state index contributed by atoms with van der Waals surface area (Å²) in [6.45, 7) is 0. The third kappa shape index (κ3) is 3.10. The molecule has 2 heterocycles. The average Bonchev–Trinajstić information content (AvgIpc) is 3.11. The Balaban J connectivity index is 1.94. The topological polar surface area (TPSA) is 79.9 Å². The van der Waals surface area contributed by atoms with Crippen LogP contribution in [0.25, 0.3) is 22.2 Å². The quantitative estimate of drug-likeness (QED) is 0.531. The standard InChI is InChI=1S/C21H15FN2O3S/c1-28(26,27)14-6-4-5-13(11-14)15-9-10-23-21-19(15)17(12-24-21)20(25)16-7-2-3-8-18(16)22/h2-12H,1H3,(H,23,24). The van der Waals surface area contributed by atoms with Gasteiger partial charge in [0.25, 0.3) is 0 Å². The van der Waals surface area contributed by atoms with Crippen molar-refractivity contribution in [2.75, 3.05) is 6.26 Å². The molecular weight excluding hydrogens is 379 g/mol. The second kappa shape index (κ2) is 6.69. The summed E-state index contributed by atoms with van der Waals surface area (Å²) in [5, 5.41) is 0.515. The molecule has 2 aromatic carbocycles. The van der Waals surface area contributed by atoms with Crippen molar-refractivity contribution >= 4 is 26.7 Å². The minimum absolute atomic E-state index is 0.0388. The molecule has 0 aliphatic carbocycles. The van der Waals surface area contributed by atoms with Crippen LogP contribution in [0.5, 0.6) is 0 Å². The lowest BCUT2D eigenvalue weighted by atomic mass is 9.97. The lowest BCUT2D eigenvalue weighted by Crippen LogP contribution is -2.04. The van der Waals surface area contributed by atoms with Crippen LogP contribution in [0, 0.1) is 5.82 Å². The number of sulfone groups is 1. The zero-order valence-corrected chi connectivity index (χ0v) is 15.6. The molecule has 5 nitrogen and oxygen atoms in total. The Kier molecular flexibility index (Phi) is 4.31. The second-order valence-corrected chi connectivity index (χ2v) is 8.41. The van der Waals surface area contributed by atoms with Gasteiger partial charge < -0.3 is 4.98 Å². The number of hydrogen-bond acceptors (Lipinski definition) is 4. The first-order valence-electron chi connectivity index (χ1n) is 8.42. The van der Waals surface area contributed by atoms with E-state index in [-0.39, 0.29) is 16.0 Å². The number of ketones is 1. The predicted molar refractivity (Wildman–Crippen MR) is 104 cm³/mol. The van der Waals surface area contributed by atoms with Crippen LogP contribution in [0.4, 0.5) is 4.39 Å². The van der Waals surface area contributed by atoms with Crippen LogP contribution in [0.3, 0.4) is 0 Å². The van der Waals surface area contributed by atoms with Gasteiger partial charge in [0, 0.05) is 24.0 Å². The fourth-order valence-electron chi connectivity index (χ4n) is 3.16. The summed E-state index contributed by atoms with van der Waals surface area (Å²) < 4.78 is 38.0. The van der Waals surface area contributed by atoms with Gasteiger partial charge in [0.15, 0.2) is 15.6 Å². The van der Waals surface area contributed by atoms with E-state index in [1.54, 1.807) is 36.5 Å². The third-order valence-electron chi connectivity index (χ3n) is 4.51. The largest absolute Gasteiger partial charge is 0.345 e. The maximum atomic E-state index is 14.1. The molecule has 0 aliphatic rings. The number of aromatic nitrogens is 2. The molecule has 0 radical (unpaired) electrons. The van der Waals surface area contributed by atoms with Gasteiger partial charge in [-0.2, -0.15) is 0 Å². The minimum Gasteiger partial charge on any atom is -0.345 e. The van der Waals surface area contributed by atoms with Crippen molar-refractivity contribution in [1.29, 1.82) is 0 Å². The first-order valence-corrected chi connectivity index (χ1v) is 10.3. The van der Waals surface area contributed by atoms with Gasteiger partial charge in [-0.05, 0) is 41.5 Å². The van der Waals surface area contributed by atoms with Gasteiger partial charge in [0.1, 0.15) is 11.5 Å². The molecule has 4 rings (SSSR count). The maximum Gasteiger partial charge on any atom is 0.198 e. The van der Waals surface area contributed by atoms with Crippen LogP contribution in [0.15, 0.2) is 71.9 Å². The third-order valence-corrected chi connectivity index (χ3v) is 5.62. The summed E-state index contributed by atoms with van der Waals surface area (Å²) in [4.78, 5) is 20.3. The van der Waals surface area contributed by atoms with Crippen LogP contribution in [0.1, 0.15) is 15.9 Å². The predicted octanol–water partition coefficient (Wildman–Crippen LogP) is 4.00. The molecule has 28 heavy (non-hydrogen) atoms. The molecule has 140 valence electrons. The van der Waals surface area contributed by atoms with Crippen molar-refractivity contribution in [2.45, 2.75) is 4.90 Å². The zero-order chi connectivity index (χ0) is 19.9. The molecule has 2 aromatic heterocycles. The Morgan fingerprint density at radius 1 is 1.04 bits per heavy atom. The van der Waals surface area contributed by atoms with E-state index in [1.165, 1.54) is 30.5 Å². The molecule has 0 spiro atoms. The summed E-state index contributed by atoms with van der Waals surface area (Å²) in [5.74, 6) is -1.08. The van der Waals surface area contributed by atoms with Gasteiger partial charge in [0.2, 0.25) is 0 Å². The monoisotopic (exact) mass is 394 g/mol. The van der Waals surface area contributed by atoms with E-state index >= 15 is 0 Å². The minimum atomic E-state index is -3.39. The zero-order valence-electron chi connectivity index (χ0n) is 14.8. The highest BCUT2D eigenvalue weighted by molar-refractivity contribution is 7.90. The number of aromatic amines is 1. The first-order chi connectivity index (χ1) is 13.4. The van der Waals surface area contributed by atoms with E-state index in [0.29, 0.717) is 22.2 Å². The molecule has 1 N–H and O–H groups in total. The van der Waals surface area contributed by atoms with Crippen molar-refractivity contribution in [3.8, 4) is 11.1 Å². The number of halogens is 1. The number of hydrogen-bond donors (Lipinski definition) is 1. The smallest absolute Gasteiger partial charge is 0.198 e. The normalized spacial score (nSPS) is 11.6. The van der Waals surface area contributed by atoms with E-state index in [2.05, 4.69) is 9.97 Å². The number of nitrogens with one attached hydrogen (secondary N) is 1. The molecule has 0 aliphatic heterocycles. The van der Waals surface area contributed by atoms with Crippen LogP contribution in [-0.4, -0.2) is 30.4 Å². The van der Waals surface area contributed by atoms with Crippen molar-refractivity contribution in [3.63, 3.8) is 0 Å². The molecule has 0 saturated carbocycles. The average molecular weight is 394 g/mol. The van der Waals surface area contributed by atoms with Gasteiger partial charge in [-0.3, -0.25) is 4.79 Å². The van der Waals surface area contributed by atoms with E-state index < -0.39 is 21.4 Å². The Morgan fingerprint density at radius 2 is 1.82 bits per heavy atom. The maximum absolute atomic E-state index is 14.1. The summed E-state index contributed by atoms with van der Waals surface area (Å²) in [7, 11) is -3.39. The number of benzene rings is 2. The number of H-pyrrole nitrogens is 1. The van der Waals surface area contributed by atoms with Crippen LogP contribution >= 0.6 is 0 Å². The van der Waals surface area contributed by atoms with Crippen molar-refractivity contribution in [3.05, 3.63) is 83.9 Å². The summed E-state index contributed by atoms with van der Waals surface area (Å²) in [6, 6.07) is 13.9. The van der Waals surface area contributed by atoms with E-state index in [4.69, 9.17) is 0 Å². The van der Waals surface area contributed by atoms with E-state index in [9.17, 15) is 17.6 Å². The fourth-order valence-corrected chi connectivity index (χ4v) is 3.83.